The van der Waals surface area contributed by atoms with Crippen molar-refractivity contribution in [1.82, 2.24) is 5.32 Å². The zero-order valence-corrected chi connectivity index (χ0v) is 22.4. The molecule has 0 radical (unpaired) electrons. The molecule has 0 aliphatic carbocycles. The summed E-state index contributed by atoms with van der Waals surface area (Å²) in [4.78, 5) is 23.4. The molecule has 1 aromatic heterocycles. The fourth-order valence-corrected chi connectivity index (χ4v) is 4.34. The van der Waals surface area contributed by atoms with E-state index in [1.165, 1.54) is 0 Å². The molecule has 37 heavy (non-hydrogen) atoms. The van der Waals surface area contributed by atoms with E-state index in [9.17, 15) is 14.7 Å². The lowest BCUT2D eigenvalue weighted by atomic mass is 9.99. The summed E-state index contributed by atoms with van der Waals surface area (Å²) in [6, 6.07) is 19.1. The van der Waals surface area contributed by atoms with Crippen LogP contribution in [-0.2, 0) is 29.1 Å². The van der Waals surface area contributed by atoms with E-state index >= 15 is 0 Å². The van der Waals surface area contributed by atoms with Crippen LogP contribution < -0.4 is 10.1 Å². The van der Waals surface area contributed by atoms with Crippen LogP contribution in [0.25, 0.3) is 22.1 Å². The number of benzene rings is 3. The van der Waals surface area contributed by atoms with Gasteiger partial charge in [-0.2, -0.15) is 0 Å². The summed E-state index contributed by atoms with van der Waals surface area (Å²) < 4.78 is 18.0. The summed E-state index contributed by atoms with van der Waals surface area (Å²) in [5, 5.41) is 13.0. The number of aliphatic carboxylic acids is 1. The van der Waals surface area contributed by atoms with Crippen molar-refractivity contribution in [2.75, 3.05) is 0 Å². The van der Waals surface area contributed by atoms with Gasteiger partial charge in [0.2, 0.25) is 0 Å². The Morgan fingerprint density at radius 3 is 2.59 bits per heavy atom. The van der Waals surface area contributed by atoms with E-state index in [2.05, 4.69) is 21.2 Å². The summed E-state index contributed by atoms with van der Waals surface area (Å²) in [7, 11) is 0. The van der Waals surface area contributed by atoms with Crippen molar-refractivity contribution in [3.63, 3.8) is 0 Å². The van der Waals surface area contributed by atoms with E-state index in [-0.39, 0.29) is 13.0 Å². The van der Waals surface area contributed by atoms with Gasteiger partial charge < -0.3 is 24.3 Å². The van der Waals surface area contributed by atoms with E-state index in [0.29, 0.717) is 17.9 Å². The molecular formula is C29H28BrNO6. The minimum absolute atomic E-state index is 0.134. The van der Waals surface area contributed by atoms with E-state index in [1.807, 2.05) is 69.3 Å². The summed E-state index contributed by atoms with van der Waals surface area (Å²) in [5.74, 6) is -0.402. The molecule has 1 heterocycles. The molecule has 3 aromatic carbocycles. The standard InChI is InChI=1S/C29H28BrNO6/c1-29(2,3)37-28(34)31-16-18-5-4-6-20(11-18)24-13-19(12-21-9-10-35-27(21)24)17-36-25-8-7-23(30)14-22(25)15-26(32)33/h4-14H,15-17H2,1-3H3,(H,31,34)(H,32,33). The molecular weight excluding hydrogens is 538 g/mol. The molecule has 0 atom stereocenters. The second-order valence-corrected chi connectivity index (χ2v) is 10.6. The number of carboxylic acid groups (broad SMARTS) is 1. The van der Waals surface area contributed by atoms with Crippen molar-refractivity contribution in [2.45, 2.75) is 45.9 Å². The smallest absolute Gasteiger partial charge is 0.407 e. The molecule has 192 valence electrons. The predicted octanol–water partition coefficient (Wildman–Crippen LogP) is 7.09. The Morgan fingerprint density at radius 1 is 1.03 bits per heavy atom. The van der Waals surface area contributed by atoms with Gasteiger partial charge in [-0.3, -0.25) is 4.79 Å². The van der Waals surface area contributed by atoms with Crippen LogP contribution in [0.5, 0.6) is 5.75 Å². The number of carbonyl (C=O) groups is 2. The Morgan fingerprint density at radius 2 is 1.84 bits per heavy atom. The molecule has 8 heteroatoms. The third-order valence-corrected chi connectivity index (χ3v) is 5.94. The first-order chi connectivity index (χ1) is 17.6. The zero-order valence-electron chi connectivity index (χ0n) is 20.8. The first kappa shape index (κ1) is 26.3. The van der Waals surface area contributed by atoms with Crippen LogP contribution in [0.2, 0.25) is 0 Å². The van der Waals surface area contributed by atoms with Crippen LogP contribution >= 0.6 is 15.9 Å². The fraction of sp³-hybridized carbons (Fsp3) is 0.241. The van der Waals surface area contributed by atoms with Crippen LogP contribution in [0, 0.1) is 0 Å². The number of halogens is 1. The van der Waals surface area contributed by atoms with Gasteiger partial charge in [-0.25, -0.2) is 4.79 Å². The minimum atomic E-state index is -0.925. The Labute approximate surface area is 223 Å². The summed E-state index contributed by atoms with van der Waals surface area (Å²) in [6.45, 7) is 6.04. The maximum absolute atomic E-state index is 12.1. The van der Waals surface area contributed by atoms with E-state index in [1.54, 1.807) is 18.4 Å². The first-order valence-electron chi connectivity index (χ1n) is 11.8. The van der Waals surface area contributed by atoms with Gasteiger partial charge in [0.1, 0.15) is 23.5 Å². The van der Waals surface area contributed by atoms with Crippen LogP contribution in [0.3, 0.4) is 0 Å². The Bertz CT molecular complexity index is 1440. The molecule has 0 aliphatic rings. The van der Waals surface area contributed by atoms with Crippen molar-refractivity contribution in [3.8, 4) is 16.9 Å². The number of hydrogen-bond donors (Lipinski definition) is 2. The van der Waals surface area contributed by atoms with Crippen LogP contribution in [-0.4, -0.2) is 22.8 Å². The lowest BCUT2D eigenvalue weighted by Crippen LogP contribution is -2.32. The lowest BCUT2D eigenvalue weighted by molar-refractivity contribution is -0.136. The molecule has 7 nitrogen and oxygen atoms in total. The highest BCUT2D eigenvalue weighted by Gasteiger charge is 2.16. The molecule has 0 fully saturated rings. The van der Waals surface area contributed by atoms with E-state index < -0.39 is 17.7 Å². The Hall–Kier alpha value is -3.78. The molecule has 0 saturated heterocycles. The molecule has 4 rings (SSSR count). The maximum Gasteiger partial charge on any atom is 0.407 e. The monoisotopic (exact) mass is 565 g/mol. The number of amides is 1. The highest BCUT2D eigenvalue weighted by Crippen LogP contribution is 2.32. The normalized spacial score (nSPS) is 11.4. The van der Waals surface area contributed by atoms with Gasteiger partial charge in [0.15, 0.2) is 0 Å². The number of hydrogen-bond acceptors (Lipinski definition) is 5. The van der Waals surface area contributed by atoms with Gasteiger partial charge in [-0.15, -0.1) is 0 Å². The molecule has 2 N–H and O–H groups in total. The van der Waals surface area contributed by atoms with Crippen molar-refractivity contribution in [1.29, 1.82) is 0 Å². The number of rotatable bonds is 8. The van der Waals surface area contributed by atoms with Crippen molar-refractivity contribution >= 4 is 39.0 Å². The predicted molar refractivity (Wildman–Crippen MR) is 145 cm³/mol. The number of carboxylic acids is 1. The van der Waals surface area contributed by atoms with Crippen molar-refractivity contribution in [3.05, 3.63) is 88.1 Å². The second-order valence-electron chi connectivity index (χ2n) is 9.65. The fourth-order valence-electron chi connectivity index (χ4n) is 3.93. The average molecular weight is 566 g/mol. The SMILES string of the molecule is CC(C)(C)OC(=O)NCc1cccc(-c2cc(COc3ccc(Br)cc3CC(=O)O)cc3ccoc23)c1. The van der Waals surface area contributed by atoms with Gasteiger partial charge in [0, 0.05) is 27.5 Å². The summed E-state index contributed by atoms with van der Waals surface area (Å²) >= 11 is 3.39. The van der Waals surface area contributed by atoms with Crippen LogP contribution in [0.1, 0.15) is 37.5 Å². The Balaban J connectivity index is 1.57. The van der Waals surface area contributed by atoms with Gasteiger partial charge in [-0.1, -0.05) is 34.1 Å². The third kappa shape index (κ3) is 7.13. The summed E-state index contributed by atoms with van der Waals surface area (Å²) in [6.07, 6.45) is 1.04. The lowest BCUT2D eigenvalue weighted by Gasteiger charge is -2.19. The quantitative estimate of drug-likeness (QED) is 0.236. The van der Waals surface area contributed by atoms with Gasteiger partial charge in [-0.05, 0) is 79.9 Å². The van der Waals surface area contributed by atoms with Gasteiger partial charge >= 0.3 is 12.1 Å². The van der Waals surface area contributed by atoms with E-state index in [4.69, 9.17) is 13.9 Å². The number of carbonyl (C=O) groups excluding carboxylic acids is 1. The molecule has 4 aromatic rings. The number of fused-ring (bicyclic) bond motifs is 1. The molecule has 0 bridgehead atoms. The number of furan rings is 1. The Kier molecular flexibility index (Phi) is 7.88. The van der Waals surface area contributed by atoms with Crippen LogP contribution in [0.15, 0.2) is 75.8 Å². The molecule has 1 amide bonds. The molecule has 0 spiro atoms. The molecule has 0 saturated carbocycles. The number of alkyl carbamates (subject to hydrolysis) is 1. The van der Waals surface area contributed by atoms with Crippen molar-refractivity contribution in [2.24, 2.45) is 0 Å². The maximum atomic E-state index is 12.1. The number of nitrogens with one attached hydrogen (secondary N) is 1. The topological polar surface area (TPSA) is 98.0 Å². The number of ether oxygens (including phenoxy) is 2. The van der Waals surface area contributed by atoms with E-state index in [0.717, 1.165) is 37.7 Å². The van der Waals surface area contributed by atoms with Gasteiger partial charge in [0.05, 0.1) is 12.7 Å². The van der Waals surface area contributed by atoms with Crippen molar-refractivity contribution < 1.29 is 28.6 Å². The summed E-state index contributed by atoms with van der Waals surface area (Å²) in [5.41, 5.74) is 4.42. The minimum Gasteiger partial charge on any atom is -0.489 e. The average Bonchev–Trinajstić information content (AvgIpc) is 3.29. The molecule has 0 aliphatic heterocycles. The highest BCUT2D eigenvalue weighted by molar-refractivity contribution is 9.10. The highest BCUT2D eigenvalue weighted by atomic mass is 79.9. The first-order valence-corrected chi connectivity index (χ1v) is 12.6. The van der Waals surface area contributed by atoms with Crippen LogP contribution in [0.4, 0.5) is 4.79 Å². The third-order valence-electron chi connectivity index (χ3n) is 5.44. The molecule has 0 unspecified atom stereocenters. The second kappa shape index (κ2) is 11.1. The van der Waals surface area contributed by atoms with Gasteiger partial charge in [0.25, 0.3) is 0 Å². The zero-order chi connectivity index (χ0) is 26.6. The largest absolute Gasteiger partial charge is 0.489 e.